The van der Waals surface area contributed by atoms with E-state index in [0.717, 1.165) is 30.3 Å². The van der Waals surface area contributed by atoms with Gasteiger partial charge < -0.3 is 9.64 Å². The molecule has 0 radical (unpaired) electrons. The molecule has 0 aromatic heterocycles. The van der Waals surface area contributed by atoms with E-state index >= 15 is 0 Å². The van der Waals surface area contributed by atoms with E-state index in [4.69, 9.17) is 4.74 Å². The number of hydrogen-bond donors (Lipinski definition) is 0. The number of alkyl halides is 1. The number of likely N-dealkylation sites (N-methyl/N-ethyl adjacent to an activating group) is 1. The monoisotopic (exact) mass is 311 g/mol. The molecule has 1 aromatic carbocycles. The number of ether oxygens (including phenoxy) is 1. The van der Waals surface area contributed by atoms with Crippen molar-refractivity contribution in [3.05, 3.63) is 35.4 Å². The van der Waals surface area contributed by atoms with Crippen LogP contribution in [0, 0.1) is 0 Å². The van der Waals surface area contributed by atoms with E-state index in [-0.39, 0.29) is 12.0 Å². The Morgan fingerprint density at radius 2 is 2.17 bits per heavy atom. The predicted octanol–water partition coefficient (Wildman–Crippen LogP) is 2.83. The second-order valence-corrected chi connectivity index (χ2v) is 5.21. The first-order valence-electron chi connectivity index (χ1n) is 6.22. The Kier molecular flexibility index (Phi) is 4.78. The summed E-state index contributed by atoms with van der Waals surface area (Å²) in [6.07, 6.45) is 2.37. The topological polar surface area (TPSA) is 29.5 Å². The van der Waals surface area contributed by atoms with Gasteiger partial charge in [0.05, 0.1) is 6.10 Å². The summed E-state index contributed by atoms with van der Waals surface area (Å²) < 4.78 is 5.55. The minimum absolute atomic E-state index is 0.0617. The molecule has 0 bridgehead atoms. The van der Waals surface area contributed by atoms with Crippen LogP contribution in [0.5, 0.6) is 0 Å². The zero-order valence-electron chi connectivity index (χ0n) is 10.6. The highest BCUT2D eigenvalue weighted by Crippen LogP contribution is 2.15. The summed E-state index contributed by atoms with van der Waals surface area (Å²) >= 11 is 3.39. The predicted molar refractivity (Wildman–Crippen MR) is 75.0 cm³/mol. The number of amides is 1. The summed E-state index contributed by atoms with van der Waals surface area (Å²) in [5, 5.41) is 0.813. The molecule has 1 unspecified atom stereocenters. The third-order valence-electron chi connectivity index (χ3n) is 3.20. The van der Waals surface area contributed by atoms with Crippen molar-refractivity contribution in [3.63, 3.8) is 0 Å². The first-order chi connectivity index (χ1) is 8.70. The number of nitrogens with zero attached hydrogens (tertiary/aromatic N) is 1. The van der Waals surface area contributed by atoms with Crippen LogP contribution in [-0.2, 0) is 10.1 Å². The number of rotatable bonds is 4. The molecule has 18 heavy (non-hydrogen) atoms. The lowest BCUT2D eigenvalue weighted by Crippen LogP contribution is -2.34. The van der Waals surface area contributed by atoms with E-state index in [1.807, 2.05) is 31.3 Å². The lowest BCUT2D eigenvalue weighted by Gasteiger charge is -2.20. The third kappa shape index (κ3) is 3.33. The van der Waals surface area contributed by atoms with Gasteiger partial charge in [0.15, 0.2) is 0 Å². The van der Waals surface area contributed by atoms with Gasteiger partial charge >= 0.3 is 0 Å². The molecule has 1 aliphatic rings. The van der Waals surface area contributed by atoms with Gasteiger partial charge in [0.25, 0.3) is 5.91 Å². The van der Waals surface area contributed by atoms with Crippen LogP contribution in [0.1, 0.15) is 28.8 Å². The van der Waals surface area contributed by atoms with Crippen molar-refractivity contribution >= 4 is 21.8 Å². The van der Waals surface area contributed by atoms with Gasteiger partial charge in [-0.05, 0) is 30.5 Å². The maximum absolute atomic E-state index is 12.2. The van der Waals surface area contributed by atoms with Gasteiger partial charge in [-0.3, -0.25) is 4.79 Å². The molecule has 2 rings (SSSR count). The molecule has 1 amide bonds. The maximum atomic E-state index is 12.2. The molecule has 0 N–H and O–H groups in total. The molecule has 0 aliphatic carbocycles. The minimum Gasteiger partial charge on any atom is -0.376 e. The van der Waals surface area contributed by atoms with Crippen LogP contribution in [0.2, 0.25) is 0 Å². The molecular weight excluding hydrogens is 294 g/mol. The number of carbonyl (C=O) groups excluding carboxylic acids is 1. The smallest absolute Gasteiger partial charge is 0.253 e. The van der Waals surface area contributed by atoms with E-state index < -0.39 is 0 Å². The molecule has 4 heteroatoms. The Balaban J connectivity index is 1.95. The van der Waals surface area contributed by atoms with Crippen LogP contribution in [0.15, 0.2) is 24.3 Å². The van der Waals surface area contributed by atoms with Gasteiger partial charge in [-0.1, -0.05) is 28.1 Å². The summed E-state index contributed by atoms with van der Waals surface area (Å²) in [4.78, 5) is 13.9. The Hall–Kier alpha value is -0.870. The zero-order chi connectivity index (χ0) is 13.0. The molecule has 1 atom stereocenters. The van der Waals surface area contributed by atoms with Crippen LogP contribution in [0.3, 0.4) is 0 Å². The molecule has 0 spiro atoms. The molecular formula is C14H18BrNO2. The van der Waals surface area contributed by atoms with Crippen molar-refractivity contribution in [1.29, 1.82) is 0 Å². The standard InChI is InChI=1S/C14H18BrNO2/c1-16(10-13-3-2-8-18-13)14(17)12-6-4-11(9-15)5-7-12/h4-7,13H,2-3,8-10H2,1H3. The van der Waals surface area contributed by atoms with Crippen LogP contribution < -0.4 is 0 Å². The Labute approximate surface area is 116 Å². The van der Waals surface area contributed by atoms with Gasteiger partial charge in [0.1, 0.15) is 0 Å². The summed E-state index contributed by atoms with van der Waals surface area (Å²) in [6, 6.07) is 7.71. The number of carbonyl (C=O) groups is 1. The van der Waals surface area contributed by atoms with Crippen molar-refractivity contribution in [2.75, 3.05) is 20.2 Å². The highest BCUT2D eigenvalue weighted by molar-refractivity contribution is 9.08. The van der Waals surface area contributed by atoms with E-state index in [9.17, 15) is 4.79 Å². The summed E-state index contributed by atoms with van der Waals surface area (Å²) in [5.74, 6) is 0.0617. The minimum atomic E-state index is 0.0617. The third-order valence-corrected chi connectivity index (χ3v) is 3.85. The van der Waals surface area contributed by atoms with Crippen molar-refractivity contribution < 1.29 is 9.53 Å². The van der Waals surface area contributed by atoms with E-state index in [2.05, 4.69) is 15.9 Å². The maximum Gasteiger partial charge on any atom is 0.253 e. The second-order valence-electron chi connectivity index (χ2n) is 4.65. The molecule has 1 fully saturated rings. The van der Waals surface area contributed by atoms with Gasteiger partial charge in [-0.2, -0.15) is 0 Å². The van der Waals surface area contributed by atoms with Gasteiger partial charge in [0, 0.05) is 31.1 Å². The van der Waals surface area contributed by atoms with E-state index in [0.29, 0.717) is 6.54 Å². The lowest BCUT2D eigenvalue weighted by molar-refractivity contribution is 0.0587. The Bertz CT molecular complexity index is 399. The van der Waals surface area contributed by atoms with E-state index in [1.54, 1.807) is 4.90 Å². The Morgan fingerprint density at radius 1 is 1.44 bits per heavy atom. The van der Waals surface area contributed by atoms with Crippen molar-refractivity contribution in [3.8, 4) is 0 Å². The van der Waals surface area contributed by atoms with Crippen molar-refractivity contribution in [2.45, 2.75) is 24.3 Å². The lowest BCUT2D eigenvalue weighted by atomic mass is 10.1. The number of benzene rings is 1. The van der Waals surface area contributed by atoms with Gasteiger partial charge in [-0.25, -0.2) is 0 Å². The van der Waals surface area contributed by atoms with Crippen LogP contribution in [0.4, 0.5) is 0 Å². The average molecular weight is 312 g/mol. The average Bonchev–Trinajstić information content (AvgIpc) is 2.91. The Morgan fingerprint density at radius 3 is 2.72 bits per heavy atom. The molecule has 1 aromatic rings. The first kappa shape index (κ1) is 13.6. The fourth-order valence-corrected chi connectivity index (χ4v) is 2.51. The van der Waals surface area contributed by atoms with Gasteiger partial charge in [-0.15, -0.1) is 0 Å². The van der Waals surface area contributed by atoms with Crippen LogP contribution >= 0.6 is 15.9 Å². The normalized spacial score (nSPS) is 18.9. The molecule has 1 saturated heterocycles. The fourth-order valence-electron chi connectivity index (χ4n) is 2.13. The van der Waals surface area contributed by atoms with Crippen LogP contribution in [0.25, 0.3) is 0 Å². The highest BCUT2D eigenvalue weighted by Gasteiger charge is 2.20. The zero-order valence-corrected chi connectivity index (χ0v) is 12.1. The molecule has 1 aliphatic heterocycles. The molecule has 0 saturated carbocycles. The summed E-state index contributed by atoms with van der Waals surface area (Å²) in [5.41, 5.74) is 1.91. The van der Waals surface area contributed by atoms with Crippen LogP contribution in [-0.4, -0.2) is 37.1 Å². The second kappa shape index (κ2) is 6.34. The molecule has 1 heterocycles. The van der Waals surface area contributed by atoms with Crippen molar-refractivity contribution in [2.24, 2.45) is 0 Å². The quantitative estimate of drug-likeness (QED) is 0.800. The largest absolute Gasteiger partial charge is 0.376 e. The number of hydrogen-bond acceptors (Lipinski definition) is 2. The summed E-state index contributed by atoms with van der Waals surface area (Å²) in [6.45, 7) is 1.51. The molecule has 3 nitrogen and oxygen atoms in total. The van der Waals surface area contributed by atoms with Gasteiger partial charge in [0.2, 0.25) is 0 Å². The highest BCUT2D eigenvalue weighted by atomic mass is 79.9. The number of halogens is 1. The molecule has 98 valence electrons. The van der Waals surface area contributed by atoms with Crippen molar-refractivity contribution in [1.82, 2.24) is 4.90 Å². The van der Waals surface area contributed by atoms with E-state index in [1.165, 1.54) is 5.56 Å². The summed E-state index contributed by atoms with van der Waals surface area (Å²) in [7, 11) is 1.84. The SMILES string of the molecule is CN(CC1CCCO1)C(=O)c1ccc(CBr)cc1. The fraction of sp³-hybridized carbons (Fsp3) is 0.500. The first-order valence-corrected chi connectivity index (χ1v) is 7.35.